The predicted octanol–water partition coefficient (Wildman–Crippen LogP) is 9.85. The first kappa shape index (κ1) is 38.0. The minimum absolute atomic E-state index is 0. The second-order valence-electron chi connectivity index (χ2n) is 11.6. The van der Waals surface area contributed by atoms with E-state index in [1.807, 2.05) is 72.1 Å². The molecule has 4 nitrogen and oxygen atoms in total. The Hall–Kier alpha value is -3.82. The second-order valence-corrected chi connectivity index (χ2v) is 13.0. The van der Waals surface area contributed by atoms with Crippen molar-refractivity contribution in [3.63, 3.8) is 0 Å². The van der Waals surface area contributed by atoms with Gasteiger partial charge in [0.2, 0.25) is 5.91 Å². The Kier molecular flexibility index (Phi) is 14.6. The van der Waals surface area contributed by atoms with Crippen LogP contribution in [0.1, 0.15) is 45.0 Å². The summed E-state index contributed by atoms with van der Waals surface area (Å²) in [6.07, 6.45) is -2.85. The van der Waals surface area contributed by atoms with Crippen molar-refractivity contribution in [3.8, 4) is 5.75 Å². The van der Waals surface area contributed by atoms with Gasteiger partial charge < -0.3 is 10.1 Å². The van der Waals surface area contributed by atoms with E-state index in [0.29, 0.717) is 44.0 Å². The van der Waals surface area contributed by atoms with E-state index in [2.05, 4.69) is 40.5 Å². The lowest BCUT2D eigenvalue weighted by Gasteiger charge is -2.29. The fourth-order valence-electron chi connectivity index (χ4n) is 5.68. The lowest BCUT2D eigenvalue weighted by atomic mass is 9.90. The normalized spacial score (nSPS) is 11.4. The molecule has 5 aromatic rings. The van der Waals surface area contributed by atoms with Gasteiger partial charge in [-0.05, 0) is 64.7 Å². The SMILES string of the molecule is Cl.O=C(Cc1cccc(OCCCN(Cc2cccc(C(F)(F)F)c2Cl)CC(c2ccccc2)c2ccccc2)c1)NCCc1cccs1. The number of hydrogen-bond donors (Lipinski definition) is 1. The zero-order valence-electron chi connectivity index (χ0n) is 26.9. The Bertz CT molecular complexity index is 1680. The summed E-state index contributed by atoms with van der Waals surface area (Å²) in [5, 5.41) is 4.74. The van der Waals surface area contributed by atoms with Gasteiger partial charge in [0.25, 0.3) is 0 Å². The zero-order chi connectivity index (χ0) is 33.8. The predicted molar refractivity (Wildman–Crippen MR) is 195 cm³/mol. The maximum atomic E-state index is 13.7. The number of alkyl halides is 3. The molecule has 0 saturated carbocycles. The van der Waals surface area contributed by atoms with Gasteiger partial charge in [0.15, 0.2) is 0 Å². The summed E-state index contributed by atoms with van der Waals surface area (Å²) in [4.78, 5) is 15.9. The number of benzene rings is 4. The van der Waals surface area contributed by atoms with Crippen LogP contribution in [0, 0.1) is 0 Å². The Morgan fingerprint density at radius 1 is 0.878 bits per heavy atom. The third-order valence-electron chi connectivity index (χ3n) is 8.05. The molecule has 5 rings (SSSR count). The Balaban J connectivity index is 0.00000541. The molecule has 0 spiro atoms. The van der Waals surface area contributed by atoms with Crippen LogP contribution in [0.4, 0.5) is 13.2 Å². The molecular weight excluding hydrogens is 688 g/mol. The number of nitrogens with one attached hydrogen (secondary N) is 1. The molecule has 258 valence electrons. The van der Waals surface area contributed by atoms with Crippen LogP contribution in [-0.4, -0.2) is 37.0 Å². The van der Waals surface area contributed by atoms with Gasteiger partial charge >= 0.3 is 6.18 Å². The van der Waals surface area contributed by atoms with Crippen LogP contribution >= 0.6 is 35.3 Å². The Morgan fingerprint density at radius 3 is 2.22 bits per heavy atom. The van der Waals surface area contributed by atoms with Crippen molar-refractivity contribution >= 4 is 41.3 Å². The highest BCUT2D eigenvalue weighted by molar-refractivity contribution is 7.09. The van der Waals surface area contributed by atoms with Gasteiger partial charge in [0.05, 0.1) is 23.6 Å². The first-order valence-electron chi connectivity index (χ1n) is 15.9. The quantitative estimate of drug-likeness (QED) is 0.103. The number of rotatable bonds is 16. The molecule has 0 aliphatic heterocycles. The van der Waals surface area contributed by atoms with Gasteiger partial charge in [-0.2, -0.15) is 13.2 Å². The van der Waals surface area contributed by atoms with Crippen molar-refractivity contribution in [1.29, 1.82) is 0 Å². The van der Waals surface area contributed by atoms with Gasteiger partial charge in [-0.1, -0.05) is 103 Å². The first-order valence-corrected chi connectivity index (χ1v) is 17.2. The average molecular weight is 728 g/mol. The van der Waals surface area contributed by atoms with E-state index in [-0.39, 0.29) is 42.2 Å². The number of carbonyl (C=O) groups excluding carboxylic acids is 1. The van der Waals surface area contributed by atoms with Crippen LogP contribution in [0.25, 0.3) is 0 Å². The first-order chi connectivity index (χ1) is 23.3. The standard InChI is InChI=1S/C39H38ClF3N2O2S.ClH/c40-38-32(16-8-19-36(38)39(41,42)43)27-45(28-35(30-12-3-1-4-13-30)31-14-5-2-6-15-31)22-10-23-47-33-17-7-11-29(25-33)26-37(46)44-21-20-34-18-9-24-48-34;/h1-9,11-19,24-25,35H,10,20-23,26-28H2,(H,44,46);1H. The highest BCUT2D eigenvalue weighted by Crippen LogP contribution is 2.37. The molecule has 0 atom stereocenters. The van der Waals surface area contributed by atoms with Gasteiger partial charge in [0, 0.05) is 37.0 Å². The van der Waals surface area contributed by atoms with E-state index < -0.39 is 11.7 Å². The average Bonchev–Trinajstić information content (AvgIpc) is 3.60. The van der Waals surface area contributed by atoms with E-state index in [9.17, 15) is 18.0 Å². The van der Waals surface area contributed by atoms with Crippen LogP contribution in [0.5, 0.6) is 5.75 Å². The molecule has 0 radical (unpaired) electrons. The number of halogens is 5. The van der Waals surface area contributed by atoms with Crippen molar-refractivity contribution in [2.75, 3.05) is 26.2 Å². The lowest BCUT2D eigenvalue weighted by Crippen LogP contribution is -2.31. The molecule has 0 unspecified atom stereocenters. The highest BCUT2D eigenvalue weighted by Gasteiger charge is 2.34. The largest absolute Gasteiger partial charge is 0.494 e. The summed E-state index contributed by atoms with van der Waals surface area (Å²) in [5.41, 5.74) is 2.69. The van der Waals surface area contributed by atoms with Crippen molar-refractivity contribution in [1.82, 2.24) is 10.2 Å². The molecule has 1 heterocycles. The van der Waals surface area contributed by atoms with E-state index in [0.717, 1.165) is 29.2 Å². The van der Waals surface area contributed by atoms with Gasteiger partial charge in [-0.15, -0.1) is 23.7 Å². The third kappa shape index (κ3) is 11.6. The fraction of sp³-hybridized carbons (Fsp3) is 0.256. The van der Waals surface area contributed by atoms with Crippen LogP contribution in [-0.2, 0) is 30.4 Å². The van der Waals surface area contributed by atoms with Crippen molar-refractivity contribution < 1.29 is 22.7 Å². The smallest absolute Gasteiger partial charge is 0.417 e. The minimum atomic E-state index is -4.54. The maximum Gasteiger partial charge on any atom is 0.417 e. The summed E-state index contributed by atoms with van der Waals surface area (Å²) < 4.78 is 47.2. The molecule has 1 amide bonds. The molecular formula is C39H39Cl2F3N2O2S. The number of thiophene rings is 1. The number of carbonyl (C=O) groups is 1. The van der Waals surface area contributed by atoms with Crippen LogP contribution in [0.15, 0.2) is 121 Å². The van der Waals surface area contributed by atoms with Crippen LogP contribution in [0.2, 0.25) is 5.02 Å². The molecule has 1 N–H and O–H groups in total. The van der Waals surface area contributed by atoms with E-state index in [1.165, 1.54) is 10.9 Å². The second kappa shape index (κ2) is 18.8. The molecule has 0 saturated heterocycles. The molecule has 10 heteroatoms. The summed E-state index contributed by atoms with van der Waals surface area (Å²) >= 11 is 8.03. The third-order valence-corrected chi connectivity index (χ3v) is 9.43. The maximum absolute atomic E-state index is 13.7. The van der Waals surface area contributed by atoms with Crippen LogP contribution in [0.3, 0.4) is 0 Å². The molecule has 0 fully saturated rings. The zero-order valence-corrected chi connectivity index (χ0v) is 29.3. The fourth-order valence-corrected chi connectivity index (χ4v) is 6.68. The molecule has 0 bridgehead atoms. The number of amides is 1. The van der Waals surface area contributed by atoms with Gasteiger partial charge in [-0.3, -0.25) is 9.69 Å². The van der Waals surface area contributed by atoms with Crippen molar-refractivity contribution in [3.05, 3.63) is 158 Å². The van der Waals surface area contributed by atoms with E-state index in [4.69, 9.17) is 16.3 Å². The molecule has 0 aliphatic carbocycles. The Labute approximate surface area is 301 Å². The molecule has 0 aliphatic rings. The molecule has 49 heavy (non-hydrogen) atoms. The summed E-state index contributed by atoms with van der Waals surface area (Å²) in [6, 6.07) is 35.9. The van der Waals surface area contributed by atoms with Gasteiger partial charge in [0.1, 0.15) is 5.75 Å². The minimum Gasteiger partial charge on any atom is -0.494 e. The van der Waals surface area contributed by atoms with Crippen molar-refractivity contribution in [2.24, 2.45) is 0 Å². The van der Waals surface area contributed by atoms with E-state index in [1.54, 1.807) is 17.4 Å². The summed E-state index contributed by atoms with van der Waals surface area (Å²) in [7, 11) is 0. The van der Waals surface area contributed by atoms with Crippen molar-refractivity contribution in [2.45, 2.75) is 37.9 Å². The Morgan fingerprint density at radius 2 is 1.57 bits per heavy atom. The number of hydrogen-bond acceptors (Lipinski definition) is 4. The highest BCUT2D eigenvalue weighted by atomic mass is 35.5. The number of nitrogens with zero attached hydrogens (tertiary/aromatic N) is 1. The van der Waals surface area contributed by atoms with Gasteiger partial charge in [-0.25, -0.2) is 0 Å². The topological polar surface area (TPSA) is 41.6 Å². The summed E-state index contributed by atoms with van der Waals surface area (Å²) in [6.45, 7) is 2.36. The van der Waals surface area contributed by atoms with E-state index >= 15 is 0 Å². The molecule has 1 aromatic heterocycles. The number of ether oxygens (including phenoxy) is 1. The van der Waals surface area contributed by atoms with Crippen LogP contribution < -0.4 is 10.1 Å². The lowest BCUT2D eigenvalue weighted by molar-refractivity contribution is -0.137. The monoisotopic (exact) mass is 726 g/mol. The summed E-state index contributed by atoms with van der Waals surface area (Å²) in [5.74, 6) is 0.614. The molecule has 4 aromatic carbocycles.